The van der Waals surface area contributed by atoms with Gasteiger partial charge in [-0.1, -0.05) is 149 Å². The maximum Gasteiger partial charge on any atom is 0.0543 e. The second-order valence-corrected chi connectivity index (χ2v) is 18.4. The Bertz CT molecular complexity index is 3280. The van der Waals surface area contributed by atoms with Crippen molar-refractivity contribution in [1.29, 1.82) is 0 Å². The number of anilines is 6. The minimum absolute atomic E-state index is 0.304. The molecule has 9 aromatic carbocycles. The number of rotatable bonds is 9. The lowest BCUT2D eigenvalue weighted by Gasteiger charge is -2.33. The third-order valence-electron chi connectivity index (χ3n) is 14.0. The van der Waals surface area contributed by atoms with Crippen molar-refractivity contribution in [3.8, 4) is 11.1 Å². The molecule has 0 N–H and O–H groups in total. The molecule has 2 aliphatic rings. The summed E-state index contributed by atoms with van der Waals surface area (Å²) >= 11 is 0. The van der Waals surface area contributed by atoms with Crippen molar-refractivity contribution in [2.45, 2.75) is 72.6 Å². The van der Waals surface area contributed by atoms with Crippen LogP contribution in [-0.4, -0.2) is 0 Å². The molecule has 9 aromatic rings. The average molecular weight is 815 g/mol. The van der Waals surface area contributed by atoms with Gasteiger partial charge in [-0.3, -0.25) is 0 Å². The van der Waals surface area contributed by atoms with Crippen molar-refractivity contribution in [2.75, 3.05) is 9.80 Å². The van der Waals surface area contributed by atoms with Gasteiger partial charge in [0.25, 0.3) is 0 Å². The molecule has 0 aromatic heterocycles. The number of para-hydroxylation sites is 2. The lowest BCUT2D eigenvalue weighted by Crippen LogP contribution is -2.15. The van der Waals surface area contributed by atoms with Crippen LogP contribution in [0.1, 0.15) is 92.7 Å². The summed E-state index contributed by atoms with van der Waals surface area (Å²) < 4.78 is 0. The largest absolute Gasteiger partial charge is 0.310 e. The Balaban J connectivity index is 1.23. The van der Waals surface area contributed by atoms with Crippen LogP contribution in [0.25, 0.3) is 49.0 Å². The smallest absolute Gasteiger partial charge is 0.0543 e. The van der Waals surface area contributed by atoms with E-state index in [0.717, 1.165) is 24.9 Å². The van der Waals surface area contributed by atoms with Crippen LogP contribution < -0.4 is 9.80 Å². The number of nitrogens with zero attached hydrogens (tertiary/aromatic N) is 2. The van der Waals surface area contributed by atoms with Crippen molar-refractivity contribution in [3.05, 3.63) is 209 Å². The van der Waals surface area contributed by atoms with E-state index in [9.17, 15) is 0 Å². The van der Waals surface area contributed by atoms with Crippen molar-refractivity contribution < 1.29 is 0 Å². The van der Waals surface area contributed by atoms with Crippen LogP contribution in [-0.2, 0) is 6.42 Å². The summed E-state index contributed by atoms with van der Waals surface area (Å²) in [6.07, 6.45) is 7.67. The summed E-state index contributed by atoms with van der Waals surface area (Å²) in [5, 5.41) is 7.91. The van der Waals surface area contributed by atoms with Gasteiger partial charge in [0.2, 0.25) is 0 Å². The van der Waals surface area contributed by atoms with E-state index < -0.39 is 0 Å². The molecule has 2 heteroatoms. The molecule has 2 aliphatic carbocycles. The number of fused-ring (bicyclic) bond motifs is 3. The monoisotopic (exact) mass is 814 g/mol. The van der Waals surface area contributed by atoms with Crippen LogP contribution in [0.4, 0.5) is 34.1 Å². The molecule has 2 nitrogen and oxygen atoms in total. The first-order chi connectivity index (χ1) is 30.8. The fraction of sp³-hybridized carbons (Fsp3) is 0.180. The molecule has 0 aliphatic heterocycles. The number of hydrogen-bond acceptors (Lipinski definition) is 2. The van der Waals surface area contributed by atoms with Crippen molar-refractivity contribution in [3.63, 3.8) is 0 Å². The number of benzene rings is 9. The van der Waals surface area contributed by atoms with Gasteiger partial charge in [-0.15, -0.1) is 0 Å². The van der Waals surface area contributed by atoms with E-state index in [0.29, 0.717) is 11.8 Å². The van der Waals surface area contributed by atoms with Gasteiger partial charge in [0, 0.05) is 34.3 Å². The summed E-state index contributed by atoms with van der Waals surface area (Å²) in [5.41, 5.74) is 20.9. The topological polar surface area (TPSA) is 6.48 Å². The van der Waals surface area contributed by atoms with Crippen LogP contribution in [0.5, 0.6) is 0 Å². The zero-order valence-corrected chi connectivity index (χ0v) is 37.3. The summed E-state index contributed by atoms with van der Waals surface area (Å²) in [4.78, 5) is 5.12. The first kappa shape index (κ1) is 39.0. The van der Waals surface area contributed by atoms with Gasteiger partial charge in [0.05, 0.1) is 17.1 Å². The molecule has 0 spiro atoms. The van der Waals surface area contributed by atoms with Gasteiger partial charge in [-0.25, -0.2) is 0 Å². The summed E-state index contributed by atoms with van der Waals surface area (Å²) in [6.45, 7) is 14.0. The second kappa shape index (κ2) is 15.5. The predicted molar refractivity (Wildman–Crippen MR) is 272 cm³/mol. The lowest BCUT2D eigenvalue weighted by molar-refractivity contribution is 0.875. The van der Waals surface area contributed by atoms with Crippen LogP contribution in [0.2, 0.25) is 0 Å². The third kappa shape index (κ3) is 6.29. The van der Waals surface area contributed by atoms with E-state index in [4.69, 9.17) is 0 Å². The highest BCUT2D eigenvalue weighted by Gasteiger charge is 2.29. The molecule has 63 heavy (non-hydrogen) atoms. The maximum atomic E-state index is 2.56. The summed E-state index contributed by atoms with van der Waals surface area (Å²) in [5.74, 6) is 0.609. The first-order valence-corrected chi connectivity index (χ1v) is 22.9. The Kier molecular flexibility index (Phi) is 9.57. The van der Waals surface area contributed by atoms with E-state index in [-0.39, 0.29) is 0 Å². The highest BCUT2D eigenvalue weighted by Crippen LogP contribution is 2.53. The van der Waals surface area contributed by atoms with Crippen LogP contribution in [0, 0.1) is 6.92 Å². The molecule has 0 atom stereocenters. The Morgan fingerprint density at radius 3 is 1.56 bits per heavy atom. The van der Waals surface area contributed by atoms with Gasteiger partial charge in [-0.2, -0.15) is 0 Å². The maximum absolute atomic E-state index is 2.56. The fourth-order valence-corrected chi connectivity index (χ4v) is 11.0. The predicted octanol–water partition coefficient (Wildman–Crippen LogP) is 17.8. The standard InChI is InChI=1S/C61H54N2/c1-38(2)53-36-58(62(43-21-9-7-10-22-43)56-29-17-27-46(41(56)6)45-25-15-13-19-40(45)5)51-33-31-50-54(39(3)4)37-59(52-34-32-49(53)60(51)61(50)52)63(44-23-11-8-12-24-44)57-30-18-28-48-47-26-16-14-20-42(47)35-55(48)57/h7-14,16-24,26-34,36-39H,15,25,35H2,1-6H3. The van der Waals surface area contributed by atoms with Crippen molar-refractivity contribution in [2.24, 2.45) is 0 Å². The molecule has 0 amide bonds. The van der Waals surface area contributed by atoms with Gasteiger partial charge in [-0.05, 0) is 164 Å². The molecule has 0 heterocycles. The van der Waals surface area contributed by atoms with E-state index in [1.165, 1.54) is 116 Å². The van der Waals surface area contributed by atoms with E-state index in [1.807, 2.05) is 0 Å². The quantitative estimate of drug-likeness (QED) is 0.134. The van der Waals surface area contributed by atoms with Gasteiger partial charge < -0.3 is 9.80 Å². The Hall–Kier alpha value is -6.90. The molecule has 0 saturated carbocycles. The SMILES string of the molecule is CC1=C(c2cccc(N(c3ccccc3)c3cc(C(C)C)c4ccc5c(N(c6ccccc6)c6cccc7c6Cc6ccccc6-7)cc(C(C)C)c6ccc3c4c65)c2C)CCC=C1. The Morgan fingerprint density at radius 1 is 0.460 bits per heavy atom. The minimum atomic E-state index is 0.304. The molecule has 11 rings (SSSR count). The Morgan fingerprint density at radius 2 is 0.968 bits per heavy atom. The lowest BCUT2D eigenvalue weighted by atomic mass is 9.83. The molecule has 308 valence electrons. The second-order valence-electron chi connectivity index (χ2n) is 18.4. The zero-order valence-electron chi connectivity index (χ0n) is 37.3. The van der Waals surface area contributed by atoms with Crippen LogP contribution in [0.3, 0.4) is 0 Å². The summed E-state index contributed by atoms with van der Waals surface area (Å²) in [6, 6.07) is 59.6. The molecule has 0 fully saturated rings. The number of hydrogen-bond donors (Lipinski definition) is 0. The van der Waals surface area contributed by atoms with Crippen LogP contribution >= 0.6 is 0 Å². The normalized spacial score (nSPS) is 13.5. The molecular weight excluding hydrogens is 761 g/mol. The molecule has 0 radical (unpaired) electrons. The molecule has 0 bridgehead atoms. The minimum Gasteiger partial charge on any atom is -0.310 e. The summed E-state index contributed by atoms with van der Waals surface area (Å²) in [7, 11) is 0. The number of allylic oxidation sites excluding steroid dienone is 4. The highest BCUT2D eigenvalue weighted by atomic mass is 15.2. The van der Waals surface area contributed by atoms with Crippen molar-refractivity contribution in [1.82, 2.24) is 0 Å². The van der Waals surface area contributed by atoms with E-state index in [1.54, 1.807) is 0 Å². The van der Waals surface area contributed by atoms with Crippen molar-refractivity contribution >= 4 is 72.0 Å². The first-order valence-electron chi connectivity index (χ1n) is 22.9. The Labute approximate surface area is 372 Å². The third-order valence-corrected chi connectivity index (χ3v) is 14.0. The van der Waals surface area contributed by atoms with Crippen LogP contribution in [0.15, 0.2) is 175 Å². The van der Waals surface area contributed by atoms with Gasteiger partial charge in [0.1, 0.15) is 0 Å². The van der Waals surface area contributed by atoms with Gasteiger partial charge >= 0.3 is 0 Å². The highest BCUT2D eigenvalue weighted by molar-refractivity contribution is 6.29. The molecule has 0 unspecified atom stereocenters. The zero-order chi connectivity index (χ0) is 42.9. The van der Waals surface area contributed by atoms with E-state index >= 15 is 0 Å². The fourth-order valence-electron chi connectivity index (χ4n) is 11.0. The average Bonchev–Trinajstić information content (AvgIpc) is 3.70. The van der Waals surface area contributed by atoms with Gasteiger partial charge in [0.15, 0.2) is 0 Å². The van der Waals surface area contributed by atoms with E-state index in [2.05, 4.69) is 221 Å². The molecular formula is C61H54N2. The molecule has 0 saturated heterocycles.